The number of aromatic hydroxyl groups is 1. The van der Waals surface area contributed by atoms with Crippen molar-refractivity contribution in [3.8, 4) is 11.5 Å². The molecule has 2 aromatic heterocycles. The number of nitrogens with one attached hydrogen (secondary N) is 1. The Labute approximate surface area is 461 Å². The lowest BCUT2D eigenvalue weighted by atomic mass is 9.81. The molecule has 3 fully saturated rings. The number of benzene rings is 1. The Kier molecular flexibility index (Phi) is 15.8. The van der Waals surface area contributed by atoms with E-state index in [1.807, 2.05) is 4.90 Å². The van der Waals surface area contributed by atoms with Crippen LogP contribution in [0, 0.1) is 37.4 Å². The number of carboxylic acids is 1. The van der Waals surface area contributed by atoms with Crippen LogP contribution in [-0.4, -0.2) is 158 Å². The number of hydrogen-bond donors (Lipinski definition) is 6. The van der Waals surface area contributed by atoms with Crippen LogP contribution in [0.3, 0.4) is 0 Å². The molecule has 5 aliphatic heterocycles. The van der Waals surface area contributed by atoms with Gasteiger partial charge >= 0.3 is 17.7 Å². The van der Waals surface area contributed by atoms with Crippen LogP contribution >= 0.6 is 0 Å². The van der Waals surface area contributed by atoms with E-state index in [2.05, 4.69) is 10.2 Å². The van der Waals surface area contributed by atoms with Gasteiger partial charge in [-0.05, 0) is 69.2 Å². The minimum absolute atomic E-state index is 0.0511. The van der Waals surface area contributed by atoms with Gasteiger partial charge in [-0.1, -0.05) is 39.0 Å². The van der Waals surface area contributed by atoms with Crippen molar-refractivity contribution in [1.82, 2.24) is 19.5 Å². The number of halogens is 1. The quantitative estimate of drug-likeness (QED) is 0.181. The molecule has 0 radical (unpaired) electrons. The standard InChI is InChI=1S/C58H69FN6O15/c1-26-11-10-12-27(2)55(73)61-43-46(63-20-18-62(19-21-63)34-15-17-64(24-34)45-29(4)44-35(33-13-14-33)23-36(57(75)76)56(74)65(44)25-37(45)59)51(71)39-40(50(43)70)48(68)30(5)53-41(39)54(72)58(8,80-53)78-22-16-38(77-9)28(3)52(79-32(7)66)31(6)49(69)42(60)47(26)67/h10-12,16,22-23,25-26,28,31,33-34,38,42,47,49,52,67-69H,13-15,17-21,24,60H2,1-9H3,(H,61,73)(H,75,76)/b11-10+,22-16+,27-12-/t26-,28+,31+,34?,38-,42+,47-,49-,52+,58-/m0/s1. The maximum Gasteiger partial charge on any atom is 0.341 e. The Balaban J connectivity index is 1.05. The maximum absolute atomic E-state index is 16.3. The number of carboxylic acid groups (broad SMARTS) is 1. The number of aromatic carboxylic acids is 1. The van der Waals surface area contributed by atoms with Crippen molar-refractivity contribution in [1.29, 1.82) is 0 Å². The van der Waals surface area contributed by atoms with Crippen molar-refractivity contribution in [2.45, 2.75) is 123 Å². The second-order valence-electron chi connectivity index (χ2n) is 22.2. The normalized spacial score (nSPS) is 30.5. The number of carbonyl (C=O) groups excluding carboxylic acids is 5. The molecule has 1 saturated carbocycles. The molecule has 428 valence electrons. The highest BCUT2D eigenvalue weighted by Gasteiger charge is 2.53. The number of phenolic OH excluding ortho intramolecular Hbond substituents is 1. The number of anilines is 1. The number of rotatable bonds is 7. The summed E-state index contributed by atoms with van der Waals surface area (Å²) < 4.78 is 41.1. The van der Waals surface area contributed by atoms with E-state index >= 15 is 14.0 Å². The van der Waals surface area contributed by atoms with Gasteiger partial charge in [0.1, 0.15) is 34.6 Å². The van der Waals surface area contributed by atoms with Gasteiger partial charge in [-0.15, -0.1) is 0 Å². The average Bonchev–Trinajstić information content (AvgIpc) is 4.21. The first-order valence-corrected chi connectivity index (χ1v) is 27.0. The number of aryl methyl sites for hydroxylation is 1. The highest BCUT2D eigenvalue weighted by Crippen LogP contribution is 2.49. The number of hydrogen-bond acceptors (Lipinski definition) is 18. The number of pyridine rings is 2. The van der Waals surface area contributed by atoms with Crippen LogP contribution in [0.2, 0.25) is 0 Å². The molecular weight excluding hydrogens is 1040 g/mol. The summed E-state index contributed by atoms with van der Waals surface area (Å²) in [5.41, 5.74) is 5.35. The van der Waals surface area contributed by atoms with Crippen LogP contribution in [0.1, 0.15) is 125 Å². The van der Waals surface area contributed by atoms with Gasteiger partial charge < -0.3 is 60.2 Å². The number of Topliss-reactive ketones (excluding diaryl/α,β-unsaturated/α-hetero) is 3. The molecule has 10 rings (SSSR count). The van der Waals surface area contributed by atoms with Gasteiger partial charge in [0.05, 0.1) is 64.7 Å². The lowest BCUT2D eigenvalue weighted by Crippen LogP contribution is -2.53. The first-order valence-electron chi connectivity index (χ1n) is 27.0. The van der Waals surface area contributed by atoms with E-state index in [9.17, 15) is 44.4 Å². The van der Waals surface area contributed by atoms with Gasteiger partial charge in [-0.25, -0.2) is 9.18 Å². The Morgan fingerprint density at radius 3 is 2.21 bits per heavy atom. The van der Waals surface area contributed by atoms with Crippen molar-refractivity contribution < 1.29 is 72.5 Å². The van der Waals surface area contributed by atoms with Gasteiger partial charge in [-0.2, -0.15) is 0 Å². The number of ketones is 3. The second kappa shape index (κ2) is 22.0. The molecule has 1 amide bonds. The Bertz CT molecular complexity index is 3300. The number of aromatic nitrogens is 1. The fourth-order valence-corrected chi connectivity index (χ4v) is 12.2. The first-order chi connectivity index (χ1) is 37.8. The summed E-state index contributed by atoms with van der Waals surface area (Å²) >= 11 is 0. The van der Waals surface area contributed by atoms with Crippen molar-refractivity contribution >= 4 is 46.4 Å². The number of fused-ring (bicyclic) bond motifs is 15. The molecule has 2 aliphatic carbocycles. The Hall–Kier alpha value is -7.24. The van der Waals surface area contributed by atoms with Gasteiger partial charge in [-0.3, -0.25) is 38.1 Å². The summed E-state index contributed by atoms with van der Waals surface area (Å²) in [4.78, 5) is 103. The van der Waals surface area contributed by atoms with Crippen molar-refractivity contribution in [3.63, 3.8) is 0 Å². The fraction of sp³-hybridized carbons (Fsp3) is 0.500. The number of aliphatic hydroxyl groups is 2. The summed E-state index contributed by atoms with van der Waals surface area (Å²) in [6, 6.07) is 0.0603. The number of methoxy groups -OCH3 is 1. The molecule has 10 atom stereocenters. The average molecular weight is 1110 g/mol. The zero-order valence-electron chi connectivity index (χ0n) is 46.2. The second-order valence-corrected chi connectivity index (χ2v) is 22.2. The van der Waals surface area contributed by atoms with Gasteiger partial charge in [0.25, 0.3) is 17.2 Å². The van der Waals surface area contributed by atoms with Gasteiger partial charge in [0, 0.05) is 95.2 Å². The largest absolute Gasteiger partial charge is 0.507 e. The molecule has 3 aromatic rings. The molecule has 1 aromatic carbocycles. The van der Waals surface area contributed by atoms with Crippen molar-refractivity contribution in [3.05, 3.63) is 115 Å². The number of phenols is 1. The van der Waals surface area contributed by atoms with Gasteiger partial charge in [0.15, 0.2) is 5.82 Å². The van der Waals surface area contributed by atoms with Crippen LogP contribution in [-0.2, 0) is 23.8 Å². The number of ether oxygens (including phenoxy) is 4. The lowest BCUT2D eigenvalue weighted by Gasteiger charge is -2.41. The smallest absolute Gasteiger partial charge is 0.341 e. The maximum atomic E-state index is 16.3. The SMILES string of the molecule is CO[C@H]1/C=C/O[C@@]2(C)Oc3c(C)c(O)c4c(c3C2=O)C(=O)C(N2CCN(C3CCN(c5c(F)cn6c(=O)c(C(=O)O)cc(C7CC7)c6c5C)C3)CC2)=C(NC(=O)/C(C)=C\C=C\[C@H](C)[C@H](O)[C@@H](N)[C@@H](O)[C@@H](C)[C@H](OC(C)=O)[C@@H]1C)C4=O. The summed E-state index contributed by atoms with van der Waals surface area (Å²) in [6.07, 6.45) is 5.71. The van der Waals surface area contributed by atoms with Crippen LogP contribution in [0.5, 0.6) is 11.5 Å². The summed E-state index contributed by atoms with van der Waals surface area (Å²) in [7, 11) is 1.39. The third-order valence-electron chi connectivity index (χ3n) is 17.0. The minimum Gasteiger partial charge on any atom is -0.507 e. The van der Waals surface area contributed by atoms with Crippen molar-refractivity contribution in [2.24, 2.45) is 23.5 Å². The van der Waals surface area contributed by atoms with E-state index < -0.39 is 129 Å². The minimum atomic E-state index is -2.17. The number of amides is 1. The molecule has 80 heavy (non-hydrogen) atoms. The highest BCUT2D eigenvalue weighted by molar-refractivity contribution is 6.32. The monoisotopic (exact) mass is 1110 g/mol. The molecule has 0 spiro atoms. The third kappa shape index (κ3) is 10.1. The summed E-state index contributed by atoms with van der Waals surface area (Å²) in [5.74, 6) is -11.4. The molecular formula is C58H69FN6O15. The van der Waals surface area contributed by atoms with Crippen LogP contribution in [0.4, 0.5) is 10.1 Å². The van der Waals surface area contributed by atoms with Gasteiger partial charge in [0.2, 0.25) is 11.6 Å². The number of allylic oxidation sites excluding steroid dienone is 4. The van der Waals surface area contributed by atoms with E-state index in [1.54, 1.807) is 38.7 Å². The number of nitrogens with two attached hydrogens (primary N) is 1. The molecule has 7 heterocycles. The summed E-state index contributed by atoms with van der Waals surface area (Å²) in [5, 5.41) is 47.2. The molecule has 7 aliphatic rings. The topological polar surface area (TPSA) is 290 Å². The predicted octanol–water partition coefficient (Wildman–Crippen LogP) is 4.18. The lowest BCUT2D eigenvalue weighted by molar-refractivity contribution is -0.159. The number of aliphatic hydroxyl groups excluding tert-OH is 2. The third-order valence-corrected chi connectivity index (χ3v) is 17.0. The summed E-state index contributed by atoms with van der Waals surface area (Å²) in [6.45, 7) is 13.9. The Morgan fingerprint density at radius 2 is 1.57 bits per heavy atom. The zero-order chi connectivity index (χ0) is 58.1. The molecule has 21 nitrogen and oxygen atoms in total. The molecule has 7 N–H and O–H groups in total. The zero-order valence-corrected chi connectivity index (χ0v) is 46.2. The molecule has 22 heteroatoms. The van der Waals surface area contributed by atoms with E-state index in [4.69, 9.17) is 24.7 Å². The first kappa shape index (κ1) is 57.4. The number of carbonyl (C=O) groups is 6. The van der Waals surface area contributed by atoms with Crippen LogP contribution in [0.15, 0.2) is 64.6 Å². The number of piperazine rings is 1. The van der Waals surface area contributed by atoms with E-state index in [0.717, 1.165) is 29.7 Å². The molecule has 1 unspecified atom stereocenters. The highest BCUT2D eigenvalue weighted by atomic mass is 19.1. The van der Waals surface area contributed by atoms with E-state index in [1.165, 1.54) is 59.1 Å². The number of nitrogens with zero attached hydrogens (tertiary/aromatic N) is 4. The fourth-order valence-electron chi connectivity index (χ4n) is 12.2. The Morgan fingerprint density at radius 1 is 0.887 bits per heavy atom. The number of esters is 1. The molecule has 5 bridgehead atoms. The van der Waals surface area contributed by atoms with Crippen LogP contribution in [0.25, 0.3) is 5.52 Å². The van der Waals surface area contributed by atoms with E-state index in [0.29, 0.717) is 54.9 Å². The predicted molar refractivity (Wildman–Crippen MR) is 288 cm³/mol. The molecule has 2 saturated heterocycles. The van der Waals surface area contributed by atoms with E-state index in [-0.39, 0.29) is 53.2 Å². The van der Waals surface area contributed by atoms with Crippen molar-refractivity contribution in [2.75, 3.05) is 51.3 Å². The van der Waals surface area contributed by atoms with Crippen LogP contribution < -0.4 is 26.2 Å².